The van der Waals surface area contributed by atoms with Gasteiger partial charge in [-0.2, -0.15) is 0 Å². The van der Waals surface area contributed by atoms with E-state index in [4.69, 9.17) is 4.52 Å². The SMILES string of the molecule is CNCC1CCCN1Cc1cc(-c2ccccc2)no1. The van der Waals surface area contributed by atoms with Gasteiger partial charge in [-0.05, 0) is 26.4 Å². The van der Waals surface area contributed by atoms with Crippen LogP contribution in [0.4, 0.5) is 0 Å². The number of hydrogen-bond acceptors (Lipinski definition) is 4. The number of aromatic nitrogens is 1. The van der Waals surface area contributed by atoms with Gasteiger partial charge in [0.2, 0.25) is 0 Å². The molecule has 1 aliphatic heterocycles. The van der Waals surface area contributed by atoms with E-state index in [2.05, 4.69) is 33.6 Å². The van der Waals surface area contributed by atoms with E-state index in [1.807, 2.05) is 25.2 Å². The van der Waals surface area contributed by atoms with Crippen LogP contribution in [0.25, 0.3) is 11.3 Å². The number of nitrogens with one attached hydrogen (secondary N) is 1. The molecule has 1 aromatic carbocycles. The summed E-state index contributed by atoms with van der Waals surface area (Å²) in [6.45, 7) is 3.04. The van der Waals surface area contributed by atoms with Gasteiger partial charge in [-0.25, -0.2) is 0 Å². The van der Waals surface area contributed by atoms with E-state index >= 15 is 0 Å². The topological polar surface area (TPSA) is 41.3 Å². The maximum atomic E-state index is 5.50. The summed E-state index contributed by atoms with van der Waals surface area (Å²) >= 11 is 0. The van der Waals surface area contributed by atoms with Crippen molar-refractivity contribution in [3.05, 3.63) is 42.2 Å². The number of likely N-dealkylation sites (tertiary alicyclic amines) is 1. The van der Waals surface area contributed by atoms with Crippen LogP contribution in [-0.4, -0.2) is 36.2 Å². The van der Waals surface area contributed by atoms with Crippen LogP contribution in [-0.2, 0) is 6.54 Å². The summed E-state index contributed by atoms with van der Waals surface area (Å²) < 4.78 is 5.50. The largest absolute Gasteiger partial charge is 0.359 e. The van der Waals surface area contributed by atoms with Gasteiger partial charge < -0.3 is 9.84 Å². The van der Waals surface area contributed by atoms with Crippen LogP contribution in [0.5, 0.6) is 0 Å². The second kappa shape index (κ2) is 6.20. The lowest BCUT2D eigenvalue weighted by molar-refractivity contribution is 0.213. The van der Waals surface area contributed by atoms with E-state index in [1.165, 1.54) is 12.8 Å². The Hall–Kier alpha value is -1.65. The molecule has 1 fully saturated rings. The Morgan fingerprint density at radius 3 is 3.00 bits per heavy atom. The maximum Gasteiger partial charge on any atom is 0.151 e. The van der Waals surface area contributed by atoms with Crippen molar-refractivity contribution in [1.82, 2.24) is 15.4 Å². The summed E-state index contributed by atoms with van der Waals surface area (Å²) in [6.07, 6.45) is 2.53. The fourth-order valence-corrected chi connectivity index (χ4v) is 2.90. The highest BCUT2D eigenvalue weighted by Crippen LogP contribution is 2.23. The van der Waals surface area contributed by atoms with E-state index in [9.17, 15) is 0 Å². The average Bonchev–Trinajstić information content (AvgIpc) is 3.11. The molecule has 3 rings (SSSR count). The molecule has 4 nitrogen and oxygen atoms in total. The van der Waals surface area contributed by atoms with E-state index in [1.54, 1.807) is 0 Å². The Morgan fingerprint density at radius 1 is 1.35 bits per heavy atom. The van der Waals surface area contributed by atoms with Gasteiger partial charge in [-0.1, -0.05) is 35.5 Å². The molecule has 2 aromatic rings. The summed E-state index contributed by atoms with van der Waals surface area (Å²) in [4.78, 5) is 2.48. The smallest absolute Gasteiger partial charge is 0.151 e. The summed E-state index contributed by atoms with van der Waals surface area (Å²) in [7, 11) is 2.01. The fourth-order valence-electron chi connectivity index (χ4n) is 2.90. The number of hydrogen-bond donors (Lipinski definition) is 1. The molecule has 20 heavy (non-hydrogen) atoms. The molecule has 0 spiro atoms. The van der Waals surface area contributed by atoms with Gasteiger partial charge in [0.15, 0.2) is 5.76 Å². The molecular weight excluding hydrogens is 250 g/mol. The first-order valence-electron chi connectivity index (χ1n) is 7.26. The molecule has 1 atom stereocenters. The molecule has 4 heteroatoms. The highest BCUT2D eigenvalue weighted by atomic mass is 16.5. The second-order valence-corrected chi connectivity index (χ2v) is 5.37. The van der Waals surface area contributed by atoms with Crippen LogP contribution in [0.2, 0.25) is 0 Å². The highest BCUT2D eigenvalue weighted by molar-refractivity contribution is 5.58. The molecule has 106 valence electrons. The maximum absolute atomic E-state index is 5.50. The standard InChI is InChI=1S/C16H21N3O/c1-17-11-14-8-5-9-19(14)12-15-10-16(18-20-15)13-6-3-2-4-7-13/h2-4,6-7,10,14,17H,5,8-9,11-12H2,1H3. The highest BCUT2D eigenvalue weighted by Gasteiger charge is 2.24. The van der Waals surface area contributed by atoms with Crippen molar-refractivity contribution in [1.29, 1.82) is 0 Å². The molecule has 1 N–H and O–H groups in total. The lowest BCUT2D eigenvalue weighted by atomic mass is 10.1. The van der Waals surface area contributed by atoms with Crippen LogP contribution in [0.1, 0.15) is 18.6 Å². The third-order valence-electron chi connectivity index (χ3n) is 3.93. The predicted molar refractivity (Wildman–Crippen MR) is 79.3 cm³/mol. The molecule has 0 radical (unpaired) electrons. The van der Waals surface area contributed by atoms with Crippen LogP contribution < -0.4 is 5.32 Å². The van der Waals surface area contributed by atoms with E-state index in [0.29, 0.717) is 6.04 Å². The minimum Gasteiger partial charge on any atom is -0.359 e. The van der Waals surface area contributed by atoms with Crippen molar-refractivity contribution >= 4 is 0 Å². The zero-order chi connectivity index (χ0) is 13.8. The summed E-state index contributed by atoms with van der Waals surface area (Å²) in [5.74, 6) is 0.951. The van der Waals surface area contributed by atoms with E-state index in [-0.39, 0.29) is 0 Å². The van der Waals surface area contributed by atoms with Gasteiger partial charge in [-0.15, -0.1) is 0 Å². The zero-order valence-corrected chi connectivity index (χ0v) is 11.9. The Labute approximate surface area is 119 Å². The molecule has 1 saturated heterocycles. The second-order valence-electron chi connectivity index (χ2n) is 5.37. The number of likely N-dealkylation sites (N-methyl/N-ethyl adjacent to an activating group) is 1. The Kier molecular flexibility index (Phi) is 4.14. The quantitative estimate of drug-likeness (QED) is 0.907. The summed E-state index contributed by atoms with van der Waals surface area (Å²) in [5, 5.41) is 7.45. The van der Waals surface area contributed by atoms with Crippen molar-refractivity contribution in [3.8, 4) is 11.3 Å². The van der Waals surface area contributed by atoms with Crippen molar-refractivity contribution < 1.29 is 4.52 Å². The van der Waals surface area contributed by atoms with E-state index in [0.717, 1.165) is 36.7 Å². The first kappa shape index (κ1) is 13.3. The predicted octanol–water partition coefficient (Wildman–Crippen LogP) is 2.53. The molecule has 1 unspecified atom stereocenters. The zero-order valence-electron chi connectivity index (χ0n) is 11.9. The minimum atomic E-state index is 0.616. The summed E-state index contributed by atoms with van der Waals surface area (Å²) in [5.41, 5.74) is 2.03. The number of nitrogens with zero attached hydrogens (tertiary/aromatic N) is 2. The minimum absolute atomic E-state index is 0.616. The van der Waals surface area contributed by atoms with E-state index < -0.39 is 0 Å². The van der Waals surface area contributed by atoms with Crippen LogP contribution in [0.15, 0.2) is 40.9 Å². The van der Waals surface area contributed by atoms with Gasteiger partial charge in [0.25, 0.3) is 0 Å². The average molecular weight is 271 g/mol. The molecule has 2 heterocycles. The van der Waals surface area contributed by atoms with Gasteiger partial charge >= 0.3 is 0 Å². The number of rotatable bonds is 5. The van der Waals surface area contributed by atoms with Crippen molar-refractivity contribution in [2.24, 2.45) is 0 Å². The van der Waals surface area contributed by atoms with Gasteiger partial charge in [0.1, 0.15) is 5.69 Å². The summed E-state index contributed by atoms with van der Waals surface area (Å²) in [6, 6.07) is 12.8. The molecule has 0 amide bonds. The molecule has 0 bridgehead atoms. The third kappa shape index (κ3) is 2.92. The fraction of sp³-hybridized carbons (Fsp3) is 0.438. The van der Waals surface area contributed by atoms with Gasteiger partial charge in [0.05, 0.1) is 6.54 Å². The number of benzene rings is 1. The molecule has 0 aliphatic carbocycles. The Bertz CT molecular complexity index is 538. The first-order valence-corrected chi connectivity index (χ1v) is 7.26. The lowest BCUT2D eigenvalue weighted by Gasteiger charge is -2.22. The van der Waals surface area contributed by atoms with Crippen LogP contribution >= 0.6 is 0 Å². The molecule has 0 saturated carbocycles. The van der Waals surface area contributed by atoms with Crippen LogP contribution in [0, 0.1) is 0 Å². The lowest BCUT2D eigenvalue weighted by Crippen LogP contribution is -2.36. The normalized spacial score (nSPS) is 19.6. The monoisotopic (exact) mass is 271 g/mol. The van der Waals surface area contributed by atoms with Gasteiger partial charge in [-0.3, -0.25) is 4.90 Å². The van der Waals surface area contributed by atoms with Gasteiger partial charge in [0, 0.05) is 24.2 Å². The third-order valence-corrected chi connectivity index (χ3v) is 3.93. The van der Waals surface area contributed by atoms with Crippen molar-refractivity contribution in [3.63, 3.8) is 0 Å². The van der Waals surface area contributed by atoms with Crippen molar-refractivity contribution in [2.45, 2.75) is 25.4 Å². The Balaban J connectivity index is 1.68. The molecular formula is C16H21N3O. The molecule has 1 aromatic heterocycles. The van der Waals surface area contributed by atoms with Crippen molar-refractivity contribution in [2.75, 3.05) is 20.1 Å². The van der Waals surface area contributed by atoms with Crippen LogP contribution in [0.3, 0.4) is 0 Å². The Morgan fingerprint density at radius 2 is 2.20 bits per heavy atom. The first-order chi connectivity index (χ1) is 9.86. The molecule has 1 aliphatic rings.